The van der Waals surface area contributed by atoms with Gasteiger partial charge in [-0.15, -0.1) is 0 Å². The van der Waals surface area contributed by atoms with E-state index in [0.29, 0.717) is 12.5 Å². The molecule has 1 unspecified atom stereocenters. The molecule has 26 heavy (non-hydrogen) atoms. The van der Waals surface area contributed by atoms with E-state index in [2.05, 4.69) is 10.2 Å². The summed E-state index contributed by atoms with van der Waals surface area (Å²) >= 11 is 0. The van der Waals surface area contributed by atoms with Gasteiger partial charge in [-0.1, -0.05) is 12.1 Å². The lowest BCUT2D eigenvalue weighted by atomic mass is 9.94. The van der Waals surface area contributed by atoms with Crippen LogP contribution in [0.15, 0.2) is 24.3 Å². The number of nitrogens with one attached hydrogen (secondary N) is 1. The third-order valence-corrected chi connectivity index (χ3v) is 5.60. The maximum Gasteiger partial charge on any atom is 0.237 e. The molecule has 0 aliphatic carbocycles. The first-order valence-corrected chi connectivity index (χ1v) is 9.59. The van der Waals surface area contributed by atoms with Gasteiger partial charge in [0, 0.05) is 25.6 Å². The molecule has 0 bridgehead atoms. The van der Waals surface area contributed by atoms with Crippen LogP contribution < -0.4 is 5.32 Å². The van der Waals surface area contributed by atoms with E-state index in [-0.39, 0.29) is 23.7 Å². The predicted molar refractivity (Wildman–Crippen MR) is 97.8 cm³/mol. The summed E-state index contributed by atoms with van der Waals surface area (Å²) in [6.07, 6.45) is 3.89. The van der Waals surface area contributed by atoms with Gasteiger partial charge in [0.2, 0.25) is 11.8 Å². The minimum Gasteiger partial charge on any atom is -0.351 e. The highest BCUT2D eigenvalue weighted by molar-refractivity contribution is 5.81. The monoisotopic (exact) mass is 361 g/mol. The van der Waals surface area contributed by atoms with Crippen LogP contribution in [0.2, 0.25) is 0 Å². The Kier molecular flexibility index (Phi) is 6.25. The number of halogens is 1. The molecule has 1 aromatic rings. The third kappa shape index (κ3) is 4.61. The number of carbonyl (C=O) groups is 2. The first kappa shape index (κ1) is 18.8. The largest absolute Gasteiger partial charge is 0.351 e. The lowest BCUT2D eigenvalue weighted by Gasteiger charge is -2.36. The second-order valence-corrected chi connectivity index (χ2v) is 7.36. The molecule has 0 saturated carbocycles. The second kappa shape index (κ2) is 8.62. The van der Waals surface area contributed by atoms with Crippen LogP contribution >= 0.6 is 0 Å². The molecule has 1 aromatic carbocycles. The summed E-state index contributed by atoms with van der Waals surface area (Å²) in [5.41, 5.74) is 0.877. The quantitative estimate of drug-likeness (QED) is 0.874. The molecule has 0 aromatic heterocycles. The molecule has 0 radical (unpaired) electrons. The fourth-order valence-corrected chi connectivity index (χ4v) is 3.83. The van der Waals surface area contributed by atoms with Crippen molar-refractivity contribution in [1.29, 1.82) is 0 Å². The van der Waals surface area contributed by atoms with E-state index in [1.807, 2.05) is 11.8 Å². The van der Waals surface area contributed by atoms with Crippen LogP contribution in [0.3, 0.4) is 0 Å². The smallest absolute Gasteiger partial charge is 0.237 e. The average Bonchev–Trinajstić information content (AvgIpc) is 3.21. The summed E-state index contributed by atoms with van der Waals surface area (Å²) in [5, 5.41) is 2.92. The van der Waals surface area contributed by atoms with E-state index >= 15 is 0 Å². The van der Waals surface area contributed by atoms with Crippen LogP contribution in [-0.2, 0) is 16.1 Å². The van der Waals surface area contributed by atoms with Gasteiger partial charge in [0.25, 0.3) is 0 Å². The van der Waals surface area contributed by atoms with Crippen LogP contribution in [0.4, 0.5) is 4.39 Å². The van der Waals surface area contributed by atoms with Crippen molar-refractivity contribution in [3.63, 3.8) is 0 Å². The number of carbonyl (C=O) groups excluding carboxylic acids is 2. The molecule has 3 rings (SSSR count). The SMILES string of the molecule is CC(C(=O)NCc1ccc(F)cc1)N1CCC(C(=O)N2CCCC2)CC1. The lowest BCUT2D eigenvalue weighted by molar-refractivity contribution is -0.136. The van der Waals surface area contributed by atoms with Gasteiger partial charge in [-0.25, -0.2) is 4.39 Å². The lowest BCUT2D eigenvalue weighted by Crippen LogP contribution is -2.49. The molecular formula is C20H28FN3O2. The fraction of sp³-hybridized carbons (Fsp3) is 0.600. The van der Waals surface area contributed by atoms with Gasteiger partial charge >= 0.3 is 0 Å². The molecule has 5 nitrogen and oxygen atoms in total. The van der Waals surface area contributed by atoms with E-state index < -0.39 is 0 Å². The van der Waals surface area contributed by atoms with E-state index in [0.717, 1.165) is 57.4 Å². The Morgan fingerprint density at radius 1 is 1.12 bits per heavy atom. The number of rotatable bonds is 5. The van der Waals surface area contributed by atoms with Gasteiger partial charge in [-0.2, -0.15) is 0 Å². The van der Waals surface area contributed by atoms with Gasteiger partial charge in [-0.05, 0) is 63.4 Å². The number of nitrogens with zero attached hydrogens (tertiary/aromatic N) is 2. The number of benzene rings is 1. The molecule has 2 saturated heterocycles. The molecule has 2 fully saturated rings. The molecule has 1 atom stereocenters. The zero-order valence-corrected chi connectivity index (χ0v) is 15.4. The first-order valence-electron chi connectivity index (χ1n) is 9.59. The van der Waals surface area contributed by atoms with Crippen molar-refractivity contribution >= 4 is 11.8 Å². The van der Waals surface area contributed by atoms with Crippen LogP contribution in [-0.4, -0.2) is 53.8 Å². The van der Waals surface area contributed by atoms with Crippen LogP contribution in [0.25, 0.3) is 0 Å². The molecule has 1 N–H and O–H groups in total. The van der Waals surface area contributed by atoms with Crippen molar-refractivity contribution in [2.75, 3.05) is 26.2 Å². The molecule has 2 aliphatic heterocycles. The Bertz CT molecular complexity index is 620. The van der Waals surface area contributed by atoms with Crippen LogP contribution in [0, 0.1) is 11.7 Å². The Labute approximate surface area is 154 Å². The van der Waals surface area contributed by atoms with Crippen molar-refractivity contribution in [1.82, 2.24) is 15.1 Å². The number of hydrogen-bond acceptors (Lipinski definition) is 3. The molecule has 0 spiro atoms. The van der Waals surface area contributed by atoms with Gasteiger partial charge in [0.05, 0.1) is 6.04 Å². The van der Waals surface area contributed by atoms with E-state index in [1.165, 1.54) is 12.1 Å². The minimum absolute atomic E-state index is 0.0290. The normalized spacial score (nSPS) is 20.2. The van der Waals surface area contributed by atoms with Crippen molar-refractivity contribution in [3.05, 3.63) is 35.6 Å². The van der Waals surface area contributed by atoms with Gasteiger partial charge in [-0.3, -0.25) is 14.5 Å². The summed E-state index contributed by atoms with van der Waals surface area (Å²) < 4.78 is 12.9. The van der Waals surface area contributed by atoms with Gasteiger partial charge in [0.1, 0.15) is 5.82 Å². The molecular weight excluding hydrogens is 333 g/mol. The summed E-state index contributed by atoms with van der Waals surface area (Å²) in [5.74, 6) is 0.104. The Hall–Kier alpha value is -1.95. The predicted octanol–water partition coefficient (Wildman–Crippen LogP) is 2.16. The number of likely N-dealkylation sites (tertiary alicyclic amines) is 2. The molecule has 142 valence electrons. The van der Waals surface area contributed by atoms with Crippen molar-refractivity contribution in [2.24, 2.45) is 5.92 Å². The maximum absolute atomic E-state index is 12.9. The minimum atomic E-state index is -0.278. The van der Waals surface area contributed by atoms with Crippen LogP contribution in [0.5, 0.6) is 0 Å². The average molecular weight is 361 g/mol. The molecule has 2 amide bonds. The number of amides is 2. The Morgan fingerprint density at radius 3 is 2.35 bits per heavy atom. The van der Waals surface area contributed by atoms with Crippen molar-refractivity contribution in [3.8, 4) is 0 Å². The highest BCUT2D eigenvalue weighted by Crippen LogP contribution is 2.23. The summed E-state index contributed by atoms with van der Waals surface area (Å²) in [4.78, 5) is 29.0. The summed E-state index contributed by atoms with van der Waals surface area (Å²) in [6.45, 7) is 5.66. The standard InChI is InChI=1S/C20H28FN3O2/c1-15(19(25)22-14-16-4-6-18(21)7-5-16)23-12-8-17(9-13-23)20(26)24-10-2-3-11-24/h4-7,15,17H,2-3,8-14H2,1H3,(H,22,25). The van der Waals surface area contributed by atoms with Gasteiger partial charge < -0.3 is 10.2 Å². The highest BCUT2D eigenvalue weighted by Gasteiger charge is 2.32. The maximum atomic E-state index is 12.9. The molecule has 2 heterocycles. The Morgan fingerprint density at radius 2 is 1.73 bits per heavy atom. The van der Waals surface area contributed by atoms with E-state index in [4.69, 9.17) is 0 Å². The fourth-order valence-electron chi connectivity index (χ4n) is 3.83. The zero-order valence-electron chi connectivity index (χ0n) is 15.4. The van der Waals surface area contributed by atoms with E-state index in [1.54, 1.807) is 12.1 Å². The topological polar surface area (TPSA) is 52.7 Å². The third-order valence-electron chi connectivity index (χ3n) is 5.60. The van der Waals surface area contributed by atoms with Crippen molar-refractivity contribution < 1.29 is 14.0 Å². The highest BCUT2D eigenvalue weighted by atomic mass is 19.1. The molecule has 2 aliphatic rings. The summed E-state index contributed by atoms with van der Waals surface area (Å²) in [7, 11) is 0. The van der Waals surface area contributed by atoms with Crippen molar-refractivity contribution in [2.45, 2.75) is 45.2 Å². The number of piperidine rings is 1. The zero-order chi connectivity index (χ0) is 18.5. The Balaban J connectivity index is 1.43. The first-order chi connectivity index (χ1) is 12.5. The van der Waals surface area contributed by atoms with E-state index in [9.17, 15) is 14.0 Å². The van der Waals surface area contributed by atoms with Crippen LogP contribution in [0.1, 0.15) is 38.2 Å². The van der Waals surface area contributed by atoms with Gasteiger partial charge in [0.15, 0.2) is 0 Å². The summed E-state index contributed by atoms with van der Waals surface area (Å²) in [6, 6.07) is 5.92. The molecule has 6 heteroatoms. The number of hydrogen-bond donors (Lipinski definition) is 1. The second-order valence-electron chi connectivity index (χ2n) is 7.36.